The van der Waals surface area contributed by atoms with E-state index in [0.717, 1.165) is 12.2 Å². The van der Waals surface area contributed by atoms with Crippen molar-refractivity contribution in [3.63, 3.8) is 0 Å². The molecule has 1 aliphatic heterocycles. The van der Waals surface area contributed by atoms with Gasteiger partial charge in [-0.05, 0) is 42.7 Å². The lowest BCUT2D eigenvalue weighted by molar-refractivity contribution is 0.982. The van der Waals surface area contributed by atoms with Crippen molar-refractivity contribution in [1.29, 1.82) is 0 Å². The molecular weight excluding hydrogens is 208 g/mol. The minimum absolute atomic E-state index is 1.00. The third-order valence-electron chi connectivity index (χ3n) is 3.69. The Hall–Kier alpha value is -1.83. The molecule has 0 aliphatic carbocycles. The van der Waals surface area contributed by atoms with Crippen LogP contribution in [0.4, 0.5) is 11.5 Å². The summed E-state index contributed by atoms with van der Waals surface area (Å²) in [6.45, 7) is 4.35. The summed E-state index contributed by atoms with van der Waals surface area (Å²) < 4.78 is 0. The minimum atomic E-state index is 1.00. The number of benzene rings is 1. The molecule has 0 atom stereocenters. The summed E-state index contributed by atoms with van der Waals surface area (Å²) in [5.41, 5.74) is 6.77. The van der Waals surface area contributed by atoms with Gasteiger partial charge in [0.15, 0.2) is 0 Å². The largest absolute Gasteiger partial charge is 0.329 e. The van der Waals surface area contributed by atoms with E-state index in [1.54, 1.807) is 0 Å². The first-order valence-corrected chi connectivity index (χ1v) is 5.95. The van der Waals surface area contributed by atoms with Crippen LogP contribution in [0.5, 0.6) is 0 Å². The third-order valence-corrected chi connectivity index (χ3v) is 3.69. The molecule has 0 fully saturated rings. The molecule has 2 aromatic rings. The maximum absolute atomic E-state index is 4.52. The van der Waals surface area contributed by atoms with Gasteiger partial charge in [0.1, 0.15) is 5.82 Å². The first kappa shape index (κ1) is 10.3. The third kappa shape index (κ3) is 1.44. The lowest BCUT2D eigenvalue weighted by Crippen LogP contribution is -2.21. The molecule has 0 saturated carbocycles. The zero-order valence-electron chi connectivity index (χ0n) is 10.5. The highest BCUT2D eigenvalue weighted by Gasteiger charge is 2.22. The van der Waals surface area contributed by atoms with Crippen molar-refractivity contribution in [2.45, 2.75) is 20.3 Å². The fourth-order valence-corrected chi connectivity index (χ4v) is 2.60. The lowest BCUT2D eigenvalue weighted by atomic mass is 9.92. The Morgan fingerprint density at radius 1 is 1.06 bits per heavy atom. The van der Waals surface area contributed by atoms with Crippen LogP contribution in [0.25, 0.3) is 0 Å². The highest BCUT2D eigenvalue weighted by molar-refractivity contribution is 5.73. The van der Waals surface area contributed by atoms with Gasteiger partial charge in [-0.25, -0.2) is 4.98 Å². The number of nitrogens with zero attached hydrogens (tertiary/aromatic N) is 2. The van der Waals surface area contributed by atoms with Gasteiger partial charge in [0.2, 0.25) is 0 Å². The molecular formula is C15H16N2. The maximum Gasteiger partial charge on any atom is 0.136 e. The molecule has 1 aromatic carbocycles. The van der Waals surface area contributed by atoms with Gasteiger partial charge in [0.05, 0.1) is 0 Å². The molecule has 0 bridgehead atoms. The number of anilines is 2. The monoisotopic (exact) mass is 224 g/mol. The number of fused-ring (bicyclic) bond motifs is 2. The van der Waals surface area contributed by atoms with Gasteiger partial charge >= 0.3 is 0 Å². The predicted molar refractivity (Wildman–Crippen MR) is 71.0 cm³/mol. The Labute approximate surface area is 102 Å². The van der Waals surface area contributed by atoms with Crippen molar-refractivity contribution < 1.29 is 0 Å². The van der Waals surface area contributed by atoms with Gasteiger partial charge in [-0.2, -0.15) is 0 Å². The highest BCUT2D eigenvalue weighted by atomic mass is 15.2. The molecule has 86 valence electrons. The zero-order valence-corrected chi connectivity index (χ0v) is 10.5. The van der Waals surface area contributed by atoms with Crippen LogP contribution >= 0.6 is 0 Å². The van der Waals surface area contributed by atoms with Crippen LogP contribution < -0.4 is 4.90 Å². The Morgan fingerprint density at radius 2 is 1.82 bits per heavy atom. The maximum atomic E-state index is 4.52. The number of aryl methyl sites for hydroxylation is 2. The Kier molecular flexibility index (Phi) is 2.18. The van der Waals surface area contributed by atoms with Gasteiger partial charge in [-0.15, -0.1) is 0 Å². The Bertz CT molecular complexity index is 536. The molecule has 2 nitrogen and oxygen atoms in total. The smallest absolute Gasteiger partial charge is 0.136 e. The van der Waals surface area contributed by atoms with Crippen LogP contribution in [0.1, 0.15) is 22.3 Å². The summed E-state index contributed by atoms with van der Waals surface area (Å²) in [5, 5.41) is 0. The van der Waals surface area contributed by atoms with E-state index in [-0.39, 0.29) is 0 Å². The summed E-state index contributed by atoms with van der Waals surface area (Å²) in [5.74, 6) is 1.10. The van der Waals surface area contributed by atoms with Crippen LogP contribution in [-0.4, -0.2) is 12.0 Å². The summed E-state index contributed by atoms with van der Waals surface area (Å²) in [6.07, 6.45) is 2.90. The van der Waals surface area contributed by atoms with E-state index in [4.69, 9.17) is 0 Å². The van der Waals surface area contributed by atoms with E-state index < -0.39 is 0 Å². The van der Waals surface area contributed by atoms with Crippen LogP contribution in [0.15, 0.2) is 30.5 Å². The molecule has 0 saturated heterocycles. The Morgan fingerprint density at radius 3 is 2.65 bits per heavy atom. The normalized spacial score (nSPS) is 13.2. The molecule has 1 aromatic heterocycles. The first-order valence-electron chi connectivity index (χ1n) is 5.95. The van der Waals surface area contributed by atoms with Gasteiger partial charge in [-0.3, -0.25) is 0 Å². The number of aromatic nitrogens is 1. The molecule has 2 heterocycles. The second-order valence-corrected chi connectivity index (χ2v) is 4.74. The second kappa shape index (κ2) is 3.59. The molecule has 17 heavy (non-hydrogen) atoms. The fourth-order valence-electron chi connectivity index (χ4n) is 2.60. The van der Waals surface area contributed by atoms with Crippen LogP contribution in [0.2, 0.25) is 0 Å². The summed E-state index contributed by atoms with van der Waals surface area (Å²) >= 11 is 0. The van der Waals surface area contributed by atoms with Crippen molar-refractivity contribution in [2.75, 3.05) is 11.9 Å². The predicted octanol–water partition coefficient (Wildman–Crippen LogP) is 3.37. The van der Waals surface area contributed by atoms with Gasteiger partial charge in [0.25, 0.3) is 0 Å². The van der Waals surface area contributed by atoms with Crippen molar-refractivity contribution in [3.05, 3.63) is 52.7 Å². The van der Waals surface area contributed by atoms with Crippen molar-refractivity contribution in [3.8, 4) is 0 Å². The zero-order chi connectivity index (χ0) is 12.0. The van der Waals surface area contributed by atoms with E-state index in [1.165, 1.54) is 27.9 Å². The molecule has 0 N–H and O–H groups in total. The van der Waals surface area contributed by atoms with E-state index in [9.17, 15) is 0 Å². The molecule has 0 radical (unpaired) electrons. The highest BCUT2D eigenvalue weighted by Crippen LogP contribution is 2.38. The molecule has 0 unspecified atom stereocenters. The number of hydrogen-bond donors (Lipinski definition) is 0. The topological polar surface area (TPSA) is 16.1 Å². The van der Waals surface area contributed by atoms with Gasteiger partial charge in [0, 0.05) is 30.9 Å². The molecule has 2 heteroatoms. The SMILES string of the molecule is Cc1cccc2c1Cc1c(C)ccnc1N2C. The van der Waals surface area contributed by atoms with Crippen LogP contribution in [0, 0.1) is 13.8 Å². The van der Waals surface area contributed by atoms with Crippen LogP contribution in [0.3, 0.4) is 0 Å². The van der Waals surface area contributed by atoms with E-state index in [1.807, 2.05) is 6.20 Å². The van der Waals surface area contributed by atoms with Gasteiger partial charge < -0.3 is 4.90 Å². The number of rotatable bonds is 0. The molecule has 3 rings (SSSR count). The first-order chi connectivity index (χ1) is 8.18. The number of hydrogen-bond acceptors (Lipinski definition) is 2. The minimum Gasteiger partial charge on any atom is -0.329 e. The van der Waals surface area contributed by atoms with E-state index >= 15 is 0 Å². The summed E-state index contributed by atoms with van der Waals surface area (Å²) in [4.78, 5) is 6.72. The van der Waals surface area contributed by atoms with Crippen molar-refractivity contribution in [1.82, 2.24) is 4.98 Å². The fraction of sp³-hybridized carbons (Fsp3) is 0.267. The summed E-state index contributed by atoms with van der Waals surface area (Å²) in [6, 6.07) is 8.57. The summed E-state index contributed by atoms with van der Waals surface area (Å²) in [7, 11) is 2.10. The molecule has 0 amide bonds. The van der Waals surface area contributed by atoms with Gasteiger partial charge in [-0.1, -0.05) is 12.1 Å². The lowest BCUT2D eigenvalue weighted by Gasteiger charge is -2.30. The quantitative estimate of drug-likeness (QED) is 0.682. The second-order valence-electron chi connectivity index (χ2n) is 4.74. The molecule has 1 aliphatic rings. The van der Waals surface area contributed by atoms with Crippen molar-refractivity contribution in [2.24, 2.45) is 0 Å². The van der Waals surface area contributed by atoms with E-state index in [2.05, 4.69) is 55.0 Å². The average molecular weight is 224 g/mol. The van der Waals surface area contributed by atoms with E-state index in [0.29, 0.717) is 0 Å². The standard InChI is InChI=1S/C15H16N2/c1-10-5-4-6-14-12(10)9-13-11(2)7-8-16-15(13)17(14)3/h4-8H,9H2,1-3H3. The number of pyridine rings is 1. The van der Waals surface area contributed by atoms with Crippen molar-refractivity contribution >= 4 is 11.5 Å². The van der Waals surface area contributed by atoms with Crippen LogP contribution in [-0.2, 0) is 6.42 Å². The molecule has 0 spiro atoms. The Balaban J connectivity index is 2.25. The average Bonchev–Trinajstić information content (AvgIpc) is 2.32.